The van der Waals surface area contributed by atoms with Gasteiger partial charge in [0.15, 0.2) is 0 Å². The van der Waals surface area contributed by atoms with Crippen molar-refractivity contribution in [2.45, 2.75) is 31.1 Å². The third-order valence-electron chi connectivity index (χ3n) is 4.00. The number of likely N-dealkylation sites (N-methyl/N-ethyl adjacent to an activating group) is 1. The third-order valence-corrected chi connectivity index (χ3v) is 5.03. The number of carboxylic acid groups (broad SMARTS) is 1. The van der Waals surface area contributed by atoms with E-state index in [0.29, 0.717) is 5.92 Å². The van der Waals surface area contributed by atoms with Gasteiger partial charge in [0.2, 0.25) is 0 Å². The van der Waals surface area contributed by atoms with Crippen LogP contribution in [0, 0.1) is 5.92 Å². The van der Waals surface area contributed by atoms with E-state index in [1.807, 2.05) is 0 Å². The van der Waals surface area contributed by atoms with Crippen molar-refractivity contribution < 1.29 is 9.90 Å². The van der Waals surface area contributed by atoms with Crippen LogP contribution in [0.2, 0.25) is 0 Å². The predicted octanol–water partition coefficient (Wildman–Crippen LogP) is 2.14. The zero-order valence-corrected chi connectivity index (χ0v) is 11.3. The van der Waals surface area contributed by atoms with Crippen LogP contribution < -0.4 is 0 Å². The molecule has 2 aliphatic rings. The Labute approximate surface area is 111 Å². The van der Waals surface area contributed by atoms with Crippen molar-refractivity contribution in [1.82, 2.24) is 9.88 Å². The fraction of sp³-hybridized carbons (Fsp3) is 0.692. The molecule has 1 saturated carbocycles. The summed E-state index contributed by atoms with van der Waals surface area (Å²) in [5, 5.41) is 12.2. The van der Waals surface area contributed by atoms with E-state index >= 15 is 0 Å². The number of hydrogen-bond donors (Lipinski definition) is 1. The molecule has 18 heavy (non-hydrogen) atoms. The van der Waals surface area contributed by atoms with Crippen molar-refractivity contribution >= 4 is 17.3 Å². The molecule has 5 heteroatoms. The first-order chi connectivity index (χ1) is 8.65. The summed E-state index contributed by atoms with van der Waals surface area (Å²) in [5.41, 5.74) is 1.01. The molecule has 1 aliphatic heterocycles. The fourth-order valence-corrected chi connectivity index (χ4v) is 3.83. The number of carboxylic acids is 1. The maximum Gasteiger partial charge on any atom is 0.307 e. The lowest BCUT2D eigenvalue weighted by molar-refractivity contribution is -0.138. The Bertz CT molecular complexity index is 460. The molecule has 0 spiro atoms. The summed E-state index contributed by atoms with van der Waals surface area (Å²) in [7, 11) is 2.15. The maximum absolute atomic E-state index is 10.9. The highest BCUT2D eigenvalue weighted by Gasteiger charge is 2.45. The van der Waals surface area contributed by atoms with E-state index in [9.17, 15) is 4.79 Å². The average Bonchev–Trinajstić information content (AvgIpc) is 3.00. The first-order valence-corrected chi connectivity index (χ1v) is 7.40. The number of likely N-dealkylation sites (tertiary alicyclic amines) is 1. The Morgan fingerprint density at radius 2 is 2.44 bits per heavy atom. The largest absolute Gasteiger partial charge is 0.481 e. The van der Waals surface area contributed by atoms with Crippen LogP contribution in [-0.2, 0) is 4.79 Å². The molecular weight excluding hydrogens is 248 g/mol. The first kappa shape index (κ1) is 12.1. The zero-order chi connectivity index (χ0) is 12.7. The maximum atomic E-state index is 10.9. The second kappa shape index (κ2) is 4.63. The van der Waals surface area contributed by atoms with Gasteiger partial charge in [-0.25, -0.2) is 4.98 Å². The van der Waals surface area contributed by atoms with E-state index in [0.717, 1.165) is 18.7 Å². The van der Waals surface area contributed by atoms with Crippen LogP contribution in [0.3, 0.4) is 0 Å². The van der Waals surface area contributed by atoms with E-state index in [2.05, 4.69) is 17.3 Å². The minimum atomic E-state index is -0.674. The molecule has 0 bridgehead atoms. The summed E-state index contributed by atoms with van der Waals surface area (Å²) in [6.45, 7) is 2.26. The van der Waals surface area contributed by atoms with Crippen LogP contribution in [-0.4, -0.2) is 41.1 Å². The number of hydrogen-bond acceptors (Lipinski definition) is 4. The number of aliphatic carboxylic acids is 1. The van der Waals surface area contributed by atoms with Gasteiger partial charge in [0.05, 0.1) is 16.6 Å². The number of piperidine rings is 1. The van der Waals surface area contributed by atoms with Crippen molar-refractivity contribution in [2.24, 2.45) is 5.92 Å². The zero-order valence-electron chi connectivity index (χ0n) is 10.5. The van der Waals surface area contributed by atoms with Crippen LogP contribution in [0.4, 0.5) is 0 Å². The monoisotopic (exact) mass is 266 g/mol. The summed E-state index contributed by atoms with van der Waals surface area (Å²) in [6, 6.07) is 0. The van der Waals surface area contributed by atoms with Crippen LogP contribution >= 0.6 is 11.3 Å². The highest BCUT2D eigenvalue weighted by Crippen LogP contribution is 2.48. The molecule has 0 radical (unpaired) electrons. The molecule has 0 aromatic carbocycles. The topological polar surface area (TPSA) is 53.4 Å². The van der Waals surface area contributed by atoms with Crippen LogP contribution in [0.15, 0.2) is 5.38 Å². The lowest BCUT2D eigenvalue weighted by Gasteiger charge is -2.28. The average molecular weight is 266 g/mol. The predicted molar refractivity (Wildman–Crippen MR) is 70.1 cm³/mol. The third kappa shape index (κ3) is 2.29. The quantitative estimate of drug-likeness (QED) is 0.910. The van der Waals surface area contributed by atoms with Gasteiger partial charge in [0.1, 0.15) is 0 Å². The van der Waals surface area contributed by atoms with Gasteiger partial charge >= 0.3 is 5.97 Å². The van der Waals surface area contributed by atoms with Crippen molar-refractivity contribution in [3.05, 3.63) is 16.1 Å². The Balaban J connectivity index is 1.68. The molecule has 1 saturated heterocycles. The van der Waals surface area contributed by atoms with E-state index in [1.54, 1.807) is 11.3 Å². The van der Waals surface area contributed by atoms with Gasteiger partial charge in [0.25, 0.3) is 0 Å². The molecule has 1 aliphatic carbocycles. The van der Waals surface area contributed by atoms with Gasteiger partial charge in [-0.2, -0.15) is 0 Å². The number of rotatable bonds is 3. The van der Waals surface area contributed by atoms with Crippen LogP contribution in [0.5, 0.6) is 0 Å². The number of thiazole rings is 1. The number of nitrogens with zero attached hydrogens (tertiary/aromatic N) is 2. The van der Waals surface area contributed by atoms with Gasteiger partial charge in [-0.1, -0.05) is 0 Å². The van der Waals surface area contributed by atoms with Crippen molar-refractivity contribution in [3.63, 3.8) is 0 Å². The van der Waals surface area contributed by atoms with Gasteiger partial charge in [0, 0.05) is 23.8 Å². The smallest absolute Gasteiger partial charge is 0.307 e. The molecule has 3 rings (SSSR count). The highest BCUT2D eigenvalue weighted by atomic mass is 32.1. The fourth-order valence-electron chi connectivity index (χ4n) is 2.82. The molecule has 98 valence electrons. The first-order valence-electron chi connectivity index (χ1n) is 6.52. The van der Waals surface area contributed by atoms with Crippen molar-refractivity contribution in [3.8, 4) is 0 Å². The van der Waals surface area contributed by atoms with Crippen LogP contribution in [0.1, 0.15) is 41.8 Å². The Hall–Kier alpha value is -0.940. The van der Waals surface area contributed by atoms with Gasteiger partial charge < -0.3 is 10.0 Å². The second-order valence-corrected chi connectivity index (χ2v) is 6.39. The Kier molecular flexibility index (Phi) is 3.11. The second-order valence-electron chi connectivity index (χ2n) is 5.50. The molecule has 1 aromatic rings. The minimum Gasteiger partial charge on any atom is -0.481 e. The number of carbonyl (C=O) groups is 1. The SMILES string of the molecule is CN1CCCC(c2nc(C3CC3C(=O)O)cs2)C1. The standard InChI is InChI=1S/C13H18N2O2S/c1-15-4-2-3-8(6-15)12-14-11(7-18-12)9-5-10(9)13(16)17/h7-10H,2-6H2,1H3,(H,16,17). The van der Waals surface area contributed by atoms with Gasteiger partial charge in [-0.3, -0.25) is 4.79 Å². The van der Waals surface area contributed by atoms with E-state index in [4.69, 9.17) is 10.1 Å². The summed E-state index contributed by atoms with van der Waals surface area (Å²) in [5.74, 6) is -0.140. The molecule has 1 aromatic heterocycles. The lowest BCUT2D eigenvalue weighted by atomic mass is 9.99. The number of aromatic nitrogens is 1. The molecule has 3 unspecified atom stereocenters. The highest BCUT2D eigenvalue weighted by molar-refractivity contribution is 7.09. The van der Waals surface area contributed by atoms with E-state index < -0.39 is 5.97 Å². The summed E-state index contributed by atoms with van der Waals surface area (Å²) >= 11 is 1.71. The van der Waals surface area contributed by atoms with E-state index in [-0.39, 0.29) is 11.8 Å². The van der Waals surface area contributed by atoms with Gasteiger partial charge in [-0.05, 0) is 32.9 Å². The summed E-state index contributed by atoms with van der Waals surface area (Å²) < 4.78 is 0. The molecule has 3 atom stereocenters. The minimum absolute atomic E-state index is 0.175. The van der Waals surface area contributed by atoms with Gasteiger partial charge in [-0.15, -0.1) is 11.3 Å². The molecule has 4 nitrogen and oxygen atoms in total. The van der Waals surface area contributed by atoms with Crippen LogP contribution in [0.25, 0.3) is 0 Å². The molecule has 0 amide bonds. The molecule has 2 heterocycles. The van der Waals surface area contributed by atoms with Crippen molar-refractivity contribution in [2.75, 3.05) is 20.1 Å². The Morgan fingerprint density at radius 1 is 1.61 bits per heavy atom. The van der Waals surface area contributed by atoms with Crippen molar-refractivity contribution in [1.29, 1.82) is 0 Å². The molecule has 2 fully saturated rings. The normalized spacial score (nSPS) is 32.4. The Morgan fingerprint density at radius 3 is 3.11 bits per heavy atom. The summed E-state index contributed by atoms with van der Waals surface area (Å²) in [6.07, 6.45) is 3.21. The molecule has 1 N–H and O–H groups in total. The molecular formula is C13H18N2O2S. The van der Waals surface area contributed by atoms with E-state index in [1.165, 1.54) is 24.4 Å². The lowest BCUT2D eigenvalue weighted by Crippen LogP contribution is -2.30. The summed E-state index contributed by atoms with van der Waals surface area (Å²) in [4.78, 5) is 17.9.